The molecule has 0 saturated heterocycles. The van der Waals surface area contributed by atoms with Gasteiger partial charge in [-0.3, -0.25) is 4.18 Å². The van der Waals surface area contributed by atoms with Crippen LogP contribution in [0.3, 0.4) is 0 Å². The van der Waals surface area contributed by atoms with Gasteiger partial charge in [0.05, 0.1) is 12.1 Å². The maximum atomic E-state index is 12.3. The minimum atomic E-state index is -3.89. The van der Waals surface area contributed by atoms with Crippen molar-refractivity contribution in [1.29, 1.82) is 0 Å². The Labute approximate surface area is 132 Å². The molecule has 0 bridgehead atoms. The number of hydrogen-bond acceptors (Lipinski definition) is 3. The van der Waals surface area contributed by atoms with Crippen LogP contribution in [-0.2, 0) is 14.3 Å². The summed E-state index contributed by atoms with van der Waals surface area (Å²) in [4.78, 5) is 0.0300. The number of rotatable bonds is 2. The van der Waals surface area contributed by atoms with Crippen LogP contribution in [0, 0.1) is 0 Å². The van der Waals surface area contributed by atoms with E-state index in [9.17, 15) is 8.42 Å². The Morgan fingerprint density at radius 3 is 2.23 bits per heavy atom. The zero-order chi connectivity index (χ0) is 15.5. The second kappa shape index (κ2) is 4.56. The lowest BCUT2D eigenvalue weighted by Crippen LogP contribution is -2.05. The van der Waals surface area contributed by atoms with E-state index in [1.807, 2.05) is 36.4 Å². The Morgan fingerprint density at radius 2 is 1.55 bits per heavy atom. The van der Waals surface area contributed by atoms with E-state index in [2.05, 4.69) is 4.18 Å². The van der Waals surface area contributed by atoms with Crippen molar-refractivity contribution >= 4 is 54.0 Å². The largest absolute Gasteiger partial charge is 0.298 e. The molecule has 4 rings (SSSR count). The quantitative estimate of drug-likeness (QED) is 0.399. The zero-order valence-corrected chi connectivity index (χ0v) is 13.2. The van der Waals surface area contributed by atoms with Gasteiger partial charge in [0, 0.05) is 5.39 Å². The van der Waals surface area contributed by atoms with Crippen LogP contribution in [0.1, 0.15) is 0 Å². The van der Waals surface area contributed by atoms with Crippen LogP contribution in [-0.4, -0.2) is 15.5 Å². The van der Waals surface area contributed by atoms with Crippen molar-refractivity contribution in [3.63, 3.8) is 0 Å². The van der Waals surface area contributed by atoms with E-state index < -0.39 is 10.1 Å². The molecular weight excluding hydrogens is 320 g/mol. The first-order chi connectivity index (χ1) is 10.5. The first-order valence-corrected chi connectivity index (χ1v) is 8.48. The first kappa shape index (κ1) is 13.8. The molecule has 0 fully saturated rings. The summed E-state index contributed by atoms with van der Waals surface area (Å²) in [7, 11) is -2.74. The molecule has 3 nitrogen and oxygen atoms in total. The highest BCUT2D eigenvalue weighted by Crippen LogP contribution is 2.40. The molecule has 0 radical (unpaired) electrons. The number of halogens is 1. The Balaban J connectivity index is 2.35. The Hall–Kier alpha value is -1.88. The van der Waals surface area contributed by atoms with Crippen molar-refractivity contribution in [1.82, 2.24) is 0 Å². The maximum Gasteiger partial charge on any atom is 0.298 e. The predicted octanol–water partition coefficient (Wildman–Crippen LogP) is 4.57. The van der Waals surface area contributed by atoms with E-state index in [0.717, 1.165) is 34.0 Å². The van der Waals surface area contributed by atoms with Gasteiger partial charge in [0.2, 0.25) is 0 Å². The monoisotopic (exact) mass is 330 g/mol. The summed E-state index contributed by atoms with van der Waals surface area (Å²) in [6.07, 6.45) is 0. The van der Waals surface area contributed by atoms with Gasteiger partial charge < -0.3 is 0 Å². The average molecular weight is 331 g/mol. The van der Waals surface area contributed by atoms with Gasteiger partial charge in [0.25, 0.3) is 10.1 Å². The zero-order valence-electron chi connectivity index (χ0n) is 11.6. The fraction of sp³-hybridized carbons (Fsp3) is 0.0588. The van der Waals surface area contributed by atoms with E-state index in [0.29, 0.717) is 5.39 Å². The van der Waals surface area contributed by atoms with Gasteiger partial charge in [0.1, 0.15) is 4.90 Å². The van der Waals surface area contributed by atoms with Crippen LogP contribution in [0.5, 0.6) is 0 Å². The van der Waals surface area contributed by atoms with Gasteiger partial charge in [-0.2, -0.15) is 8.42 Å². The second-order valence-corrected chi connectivity index (χ2v) is 7.22. The number of benzene rings is 4. The highest BCUT2D eigenvalue weighted by molar-refractivity contribution is 7.87. The van der Waals surface area contributed by atoms with Gasteiger partial charge >= 0.3 is 0 Å². The Kier molecular flexibility index (Phi) is 2.85. The fourth-order valence-electron chi connectivity index (χ4n) is 3.09. The normalized spacial score (nSPS) is 12.6. The van der Waals surface area contributed by atoms with Crippen LogP contribution < -0.4 is 0 Å². The molecule has 0 heterocycles. The van der Waals surface area contributed by atoms with E-state index in [-0.39, 0.29) is 9.92 Å². The molecule has 0 spiro atoms. The number of hydrogen-bond donors (Lipinski definition) is 0. The molecule has 0 aliphatic heterocycles. The van der Waals surface area contributed by atoms with Crippen molar-refractivity contribution < 1.29 is 12.6 Å². The van der Waals surface area contributed by atoms with Gasteiger partial charge in [-0.05, 0) is 33.0 Å². The molecule has 0 amide bonds. The third kappa shape index (κ3) is 1.75. The van der Waals surface area contributed by atoms with Crippen LogP contribution >= 0.6 is 11.6 Å². The van der Waals surface area contributed by atoms with E-state index in [1.165, 1.54) is 0 Å². The molecule has 0 atom stereocenters. The highest BCUT2D eigenvalue weighted by Gasteiger charge is 2.23. The minimum Gasteiger partial charge on any atom is -0.270 e. The molecule has 110 valence electrons. The molecule has 0 N–H and O–H groups in total. The standard InChI is InChI=1S/C17H11ClO3S/c1-21-22(19,20)17-13-8-7-11-4-2-3-10-5-6-12(9-14(17)18)16(13)15(10)11/h2-9H,1H3. The highest BCUT2D eigenvalue weighted by atomic mass is 35.5. The van der Waals surface area contributed by atoms with Crippen molar-refractivity contribution in [2.45, 2.75) is 4.90 Å². The van der Waals surface area contributed by atoms with Gasteiger partial charge in [-0.15, -0.1) is 0 Å². The van der Waals surface area contributed by atoms with Crippen molar-refractivity contribution in [2.24, 2.45) is 0 Å². The average Bonchev–Trinajstić information content (AvgIpc) is 2.51. The van der Waals surface area contributed by atoms with Crippen molar-refractivity contribution in [2.75, 3.05) is 7.11 Å². The van der Waals surface area contributed by atoms with Crippen molar-refractivity contribution in [3.8, 4) is 0 Å². The predicted molar refractivity (Wildman–Crippen MR) is 89.4 cm³/mol. The summed E-state index contributed by atoms with van der Waals surface area (Å²) < 4.78 is 29.2. The van der Waals surface area contributed by atoms with Gasteiger partial charge in [0.15, 0.2) is 0 Å². The molecule has 4 aromatic rings. The minimum absolute atomic E-state index is 0.0300. The second-order valence-electron chi connectivity index (χ2n) is 5.16. The maximum absolute atomic E-state index is 12.3. The SMILES string of the molecule is COS(=O)(=O)c1c(Cl)cc2ccc3cccc4ccc1c2c34. The van der Waals surface area contributed by atoms with E-state index in [4.69, 9.17) is 11.6 Å². The van der Waals surface area contributed by atoms with Crippen LogP contribution in [0.2, 0.25) is 5.02 Å². The molecule has 0 saturated carbocycles. The summed E-state index contributed by atoms with van der Waals surface area (Å²) in [5, 5.41) is 5.76. The van der Waals surface area contributed by atoms with Crippen LogP contribution in [0.15, 0.2) is 53.4 Å². The van der Waals surface area contributed by atoms with E-state index >= 15 is 0 Å². The lowest BCUT2D eigenvalue weighted by Gasteiger charge is -2.14. The lowest BCUT2D eigenvalue weighted by atomic mass is 9.94. The Morgan fingerprint density at radius 1 is 0.909 bits per heavy atom. The molecule has 4 aromatic carbocycles. The fourth-order valence-corrected chi connectivity index (χ4v) is 4.49. The summed E-state index contributed by atoms with van der Waals surface area (Å²) in [5.74, 6) is 0. The first-order valence-electron chi connectivity index (χ1n) is 6.69. The third-order valence-electron chi connectivity index (χ3n) is 4.02. The lowest BCUT2D eigenvalue weighted by molar-refractivity contribution is 0.398. The summed E-state index contributed by atoms with van der Waals surface area (Å²) in [6.45, 7) is 0. The van der Waals surface area contributed by atoms with Gasteiger partial charge in [-0.25, -0.2) is 0 Å². The molecule has 0 aliphatic rings. The molecule has 5 heteroatoms. The molecule has 0 aliphatic carbocycles. The molecular formula is C17H11ClO3S. The van der Waals surface area contributed by atoms with Crippen LogP contribution in [0.4, 0.5) is 0 Å². The van der Waals surface area contributed by atoms with E-state index in [1.54, 1.807) is 12.1 Å². The topological polar surface area (TPSA) is 43.4 Å². The van der Waals surface area contributed by atoms with Crippen LogP contribution in [0.25, 0.3) is 32.3 Å². The molecule has 22 heavy (non-hydrogen) atoms. The Bertz CT molecular complexity index is 1120. The van der Waals surface area contributed by atoms with Crippen molar-refractivity contribution in [3.05, 3.63) is 53.6 Å². The van der Waals surface area contributed by atoms with Gasteiger partial charge in [-0.1, -0.05) is 54.1 Å². The molecule has 0 unspecified atom stereocenters. The molecule has 0 aromatic heterocycles. The summed E-state index contributed by atoms with van der Waals surface area (Å²) in [5.41, 5.74) is 0. The smallest absolute Gasteiger partial charge is 0.270 e. The third-order valence-corrected chi connectivity index (χ3v) is 5.81. The summed E-state index contributed by atoms with van der Waals surface area (Å²) >= 11 is 6.23. The summed E-state index contributed by atoms with van der Waals surface area (Å²) in [6, 6.07) is 15.4.